The van der Waals surface area contributed by atoms with Crippen molar-refractivity contribution in [1.82, 2.24) is 5.32 Å². The molecule has 1 unspecified atom stereocenters. The van der Waals surface area contributed by atoms with Gasteiger partial charge in [-0.3, -0.25) is 4.79 Å². The first kappa shape index (κ1) is 13.7. The molecule has 1 aromatic heterocycles. The maximum Gasteiger partial charge on any atom is 0.246 e. The molecule has 1 rings (SSSR count). The van der Waals surface area contributed by atoms with Crippen LogP contribution < -0.4 is 11.1 Å². The molecule has 1 atom stereocenters. The molecular formula is C12H20N2O3. The molecule has 0 aliphatic heterocycles. The van der Waals surface area contributed by atoms with Crippen LogP contribution in [-0.4, -0.2) is 25.7 Å². The lowest BCUT2D eigenvalue weighted by molar-refractivity contribution is -0.126. The molecule has 0 saturated heterocycles. The summed E-state index contributed by atoms with van der Waals surface area (Å²) in [6, 6.07) is 1.85. The lowest BCUT2D eigenvalue weighted by Crippen LogP contribution is -2.31. The minimum atomic E-state index is -0.149. The molecule has 0 aliphatic rings. The predicted molar refractivity (Wildman–Crippen MR) is 64.6 cm³/mol. The first-order valence-corrected chi connectivity index (χ1v) is 5.68. The number of amides is 1. The summed E-state index contributed by atoms with van der Waals surface area (Å²) in [5, 5.41) is 2.84. The van der Waals surface area contributed by atoms with Crippen LogP contribution in [0.5, 0.6) is 0 Å². The van der Waals surface area contributed by atoms with Crippen molar-refractivity contribution >= 4 is 5.91 Å². The number of hydrogen-bond donors (Lipinski definition) is 2. The van der Waals surface area contributed by atoms with Crippen LogP contribution in [0.2, 0.25) is 0 Å². The molecule has 0 radical (unpaired) electrons. The summed E-state index contributed by atoms with van der Waals surface area (Å²) in [6.07, 6.45) is 0. The zero-order valence-corrected chi connectivity index (χ0v) is 10.6. The van der Waals surface area contributed by atoms with E-state index in [1.165, 1.54) is 0 Å². The Bertz CT molecular complexity index is 374. The molecule has 0 spiro atoms. The molecule has 96 valence electrons. The minimum absolute atomic E-state index is 0.0391. The van der Waals surface area contributed by atoms with Crippen molar-refractivity contribution in [2.24, 2.45) is 5.73 Å². The van der Waals surface area contributed by atoms with Gasteiger partial charge in [-0.05, 0) is 26.8 Å². The van der Waals surface area contributed by atoms with Gasteiger partial charge in [0, 0.05) is 12.1 Å². The second-order valence-corrected chi connectivity index (χ2v) is 4.00. The Balaban J connectivity index is 2.46. The van der Waals surface area contributed by atoms with Gasteiger partial charge in [0.05, 0.1) is 12.6 Å². The van der Waals surface area contributed by atoms with E-state index in [0.29, 0.717) is 13.2 Å². The monoisotopic (exact) mass is 240 g/mol. The van der Waals surface area contributed by atoms with Crippen LogP contribution in [0.1, 0.15) is 30.0 Å². The van der Waals surface area contributed by atoms with Crippen LogP contribution in [0.4, 0.5) is 0 Å². The Labute approximate surface area is 101 Å². The van der Waals surface area contributed by atoms with Crippen molar-refractivity contribution in [2.45, 2.75) is 26.8 Å². The standard InChI is InChI=1S/C12H20N2O3/c1-8-6-11(10(3)17-8)9(2)14-12(15)7-16-5-4-13/h6,9H,4-5,7,13H2,1-3H3,(H,14,15). The number of carbonyl (C=O) groups excluding carboxylic acids is 1. The van der Waals surface area contributed by atoms with Gasteiger partial charge in [0.1, 0.15) is 18.1 Å². The van der Waals surface area contributed by atoms with E-state index in [1.807, 2.05) is 26.8 Å². The number of aryl methyl sites for hydroxylation is 2. The van der Waals surface area contributed by atoms with E-state index in [-0.39, 0.29) is 18.6 Å². The van der Waals surface area contributed by atoms with Crippen molar-refractivity contribution < 1.29 is 13.9 Å². The van der Waals surface area contributed by atoms with Crippen LogP contribution in [0.15, 0.2) is 10.5 Å². The molecule has 0 aromatic carbocycles. The number of furan rings is 1. The van der Waals surface area contributed by atoms with Gasteiger partial charge in [-0.1, -0.05) is 0 Å². The van der Waals surface area contributed by atoms with Crippen molar-refractivity contribution in [3.05, 3.63) is 23.2 Å². The quantitative estimate of drug-likeness (QED) is 0.728. The average Bonchev–Trinajstić information content (AvgIpc) is 2.58. The van der Waals surface area contributed by atoms with Crippen molar-refractivity contribution in [2.75, 3.05) is 19.8 Å². The Morgan fingerprint density at radius 1 is 1.59 bits per heavy atom. The first-order valence-electron chi connectivity index (χ1n) is 5.68. The molecule has 5 heteroatoms. The molecule has 0 saturated carbocycles. The number of nitrogens with one attached hydrogen (secondary N) is 1. The molecule has 0 bridgehead atoms. The summed E-state index contributed by atoms with van der Waals surface area (Å²) in [7, 11) is 0. The molecule has 3 N–H and O–H groups in total. The summed E-state index contributed by atoms with van der Waals surface area (Å²) in [4.78, 5) is 11.5. The smallest absolute Gasteiger partial charge is 0.246 e. The number of ether oxygens (including phenoxy) is 1. The van der Waals surface area contributed by atoms with E-state index < -0.39 is 0 Å². The Hall–Kier alpha value is -1.33. The van der Waals surface area contributed by atoms with Crippen LogP contribution in [0.25, 0.3) is 0 Å². The molecule has 5 nitrogen and oxygen atoms in total. The Morgan fingerprint density at radius 3 is 2.82 bits per heavy atom. The van der Waals surface area contributed by atoms with E-state index in [9.17, 15) is 4.79 Å². The lowest BCUT2D eigenvalue weighted by atomic mass is 10.1. The van der Waals surface area contributed by atoms with Crippen LogP contribution >= 0.6 is 0 Å². The van der Waals surface area contributed by atoms with E-state index in [1.54, 1.807) is 0 Å². The molecule has 0 aliphatic carbocycles. The van der Waals surface area contributed by atoms with E-state index in [0.717, 1.165) is 17.1 Å². The van der Waals surface area contributed by atoms with Crippen molar-refractivity contribution in [3.63, 3.8) is 0 Å². The molecule has 1 amide bonds. The fraction of sp³-hybridized carbons (Fsp3) is 0.583. The largest absolute Gasteiger partial charge is 0.466 e. The topological polar surface area (TPSA) is 77.5 Å². The van der Waals surface area contributed by atoms with Crippen LogP contribution in [0, 0.1) is 13.8 Å². The van der Waals surface area contributed by atoms with E-state index in [4.69, 9.17) is 14.9 Å². The first-order chi connectivity index (χ1) is 8.04. The third-order valence-corrected chi connectivity index (χ3v) is 2.42. The summed E-state index contributed by atoms with van der Waals surface area (Å²) in [6.45, 7) is 6.54. The number of rotatable bonds is 6. The van der Waals surface area contributed by atoms with Gasteiger partial charge in [-0.25, -0.2) is 0 Å². The lowest BCUT2D eigenvalue weighted by Gasteiger charge is -2.13. The second kappa shape index (κ2) is 6.42. The Morgan fingerprint density at radius 2 is 2.29 bits per heavy atom. The minimum Gasteiger partial charge on any atom is -0.466 e. The van der Waals surface area contributed by atoms with Gasteiger partial charge in [0.15, 0.2) is 0 Å². The maximum absolute atomic E-state index is 11.5. The van der Waals surface area contributed by atoms with Crippen molar-refractivity contribution in [1.29, 1.82) is 0 Å². The SMILES string of the molecule is Cc1cc(C(C)NC(=O)COCCN)c(C)o1. The molecule has 1 heterocycles. The molecule has 17 heavy (non-hydrogen) atoms. The highest BCUT2D eigenvalue weighted by atomic mass is 16.5. The van der Waals surface area contributed by atoms with Crippen molar-refractivity contribution in [3.8, 4) is 0 Å². The van der Waals surface area contributed by atoms with E-state index in [2.05, 4.69) is 5.32 Å². The number of carbonyl (C=O) groups is 1. The zero-order chi connectivity index (χ0) is 12.8. The van der Waals surface area contributed by atoms with Gasteiger partial charge >= 0.3 is 0 Å². The maximum atomic E-state index is 11.5. The normalized spacial score (nSPS) is 12.5. The summed E-state index contributed by atoms with van der Waals surface area (Å²) in [5.74, 6) is 1.53. The van der Waals surface area contributed by atoms with Crippen LogP contribution in [0.3, 0.4) is 0 Å². The molecular weight excluding hydrogens is 220 g/mol. The molecule has 0 fully saturated rings. The molecule has 1 aromatic rings. The fourth-order valence-corrected chi connectivity index (χ4v) is 1.69. The average molecular weight is 240 g/mol. The van der Waals surface area contributed by atoms with Gasteiger partial charge < -0.3 is 20.2 Å². The van der Waals surface area contributed by atoms with Gasteiger partial charge in [0.25, 0.3) is 0 Å². The predicted octanol–water partition coefficient (Wildman–Crippen LogP) is 1.05. The Kier molecular flexibility index (Phi) is 5.18. The zero-order valence-electron chi connectivity index (χ0n) is 10.6. The second-order valence-electron chi connectivity index (χ2n) is 4.00. The highest BCUT2D eigenvalue weighted by Crippen LogP contribution is 2.20. The highest BCUT2D eigenvalue weighted by Gasteiger charge is 2.14. The number of hydrogen-bond acceptors (Lipinski definition) is 4. The van der Waals surface area contributed by atoms with Gasteiger partial charge in [-0.15, -0.1) is 0 Å². The summed E-state index contributed by atoms with van der Waals surface area (Å²) in [5.41, 5.74) is 6.26. The number of nitrogens with two attached hydrogens (primary N) is 1. The highest BCUT2D eigenvalue weighted by molar-refractivity contribution is 5.77. The van der Waals surface area contributed by atoms with Gasteiger partial charge in [0.2, 0.25) is 5.91 Å². The van der Waals surface area contributed by atoms with E-state index >= 15 is 0 Å². The summed E-state index contributed by atoms with van der Waals surface area (Å²) < 4.78 is 10.5. The summed E-state index contributed by atoms with van der Waals surface area (Å²) >= 11 is 0. The van der Waals surface area contributed by atoms with Crippen LogP contribution in [-0.2, 0) is 9.53 Å². The third kappa shape index (κ3) is 4.20. The third-order valence-electron chi connectivity index (χ3n) is 2.42. The van der Waals surface area contributed by atoms with Gasteiger partial charge in [-0.2, -0.15) is 0 Å². The fourth-order valence-electron chi connectivity index (χ4n) is 1.69.